The van der Waals surface area contributed by atoms with Gasteiger partial charge < -0.3 is 15.4 Å². The SMILES string of the molecule is CCc1ccc(NC(=O)CN[C@H](C)c2ccc(OC)c(Br)c2)cc1. The van der Waals surface area contributed by atoms with Gasteiger partial charge in [-0.2, -0.15) is 0 Å². The average Bonchev–Trinajstić information content (AvgIpc) is 2.60. The zero-order valence-electron chi connectivity index (χ0n) is 14.2. The summed E-state index contributed by atoms with van der Waals surface area (Å²) in [6.45, 7) is 4.38. The number of hydrogen-bond acceptors (Lipinski definition) is 3. The second kappa shape index (κ2) is 8.85. The lowest BCUT2D eigenvalue weighted by Crippen LogP contribution is -2.30. The molecular formula is C19H23BrN2O2. The van der Waals surface area contributed by atoms with Crippen molar-refractivity contribution in [3.05, 3.63) is 58.1 Å². The van der Waals surface area contributed by atoms with E-state index in [2.05, 4.69) is 33.5 Å². The van der Waals surface area contributed by atoms with Gasteiger partial charge in [0.15, 0.2) is 0 Å². The molecule has 4 nitrogen and oxygen atoms in total. The summed E-state index contributed by atoms with van der Waals surface area (Å²) in [4.78, 5) is 12.1. The van der Waals surface area contributed by atoms with Gasteiger partial charge in [0.05, 0.1) is 18.1 Å². The van der Waals surface area contributed by atoms with E-state index in [1.54, 1.807) is 7.11 Å². The van der Waals surface area contributed by atoms with Crippen LogP contribution >= 0.6 is 15.9 Å². The normalized spacial score (nSPS) is 11.8. The summed E-state index contributed by atoms with van der Waals surface area (Å²) in [6.07, 6.45) is 0.991. The van der Waals surface area contributed by atoms with E-state index in [1.807, 2.05) is 49.4 Å². The molecule has 24 heavy (non-hydrogen) atoms. The average molecular weight is 391 g/mol. The number of carbonyl (C=O) groups excluding carboxylic acids is 1. The fourth-order valence-electron chi connectivity index (χ4n) is 2.34. The standard InChI is InChI=1S/C19H23BrN2O2/c1-4-14-5-8-16(9-6-14)22-19(23)12-21-13(2)15-7-10-18(24-3)17(20)11-15/h5-11,13,21H,4,12H2,1-3H3,(H,22,23)/t13-/m1/s1. The van der Waals surface area contributed by atoms with Crippen LogP contribution in [0.2, 0.25) is 0 Å². The maximum absolute atomic E-state index is 12.1. The minimum absolute atomic E-state index is 0.0559. The molecule has 0 unspecified atom stereocenters. The molecule has 0 radical (unpaired) electrons. The largest absolute Gasteiger partial charge is 0.496 e. The lowest BCUT2D eigenvalue weighted by Gasteiger charge is -2.15. The highest BCUT2D eigenvalue weighted by atomic mass is 79.9. The van der Waals surface area contributed by atoms with Gasteiger partial charge in [-0.25, -0.2) is 0 Å². The second-order valence-corrected chi connectivity index (χ2v) is 6.45. The van der Waals surface area contributed by atoms with Gasteiger partial charge in [0.25, 0.3) is 0 Å². The van der Waals surface area contributed by atoms with Crippen LogP contribution in [-0.4, -0.2) is 19.6 Å². The Kier molecular flexibility index (Phi) is 6.82. The molecule has 0 saturated carbocycles. The third-order valence-electron chi connectivity index (χ3n) is 3.89. The molecule has 1 amide bonds. The summed E-state index contributed by atoms with van der Waals surface area (Å²) in [6, 6.07) is 13.9. The summed E-state index contributed by atoms with van der Waals surface area (Å²) in [5, 5.41) is 6.13. The minimum atomic E-state index is -0.0568. The van der Waals surface area contributed by atoms with Gasteiger partial charge in [0.1, 0.15) is 5.75 Å². The maximum atomic E-state index is 12.1. The first-order valence-electron chi connectivity index (χ1n) is 7.99. The maximum Gasteiger partial charge on any atom is 0.238 e. The van der Waals surface area contributed by atoms with Crippen LogP contribution in [0.4, 0.5) is 5.69 Å². The molecule has 0 aliphatic heterocycles. The van der Waals surface area contributed by atoms with Gasteiger partial charge in [0.2, 0.25) is 5.91 Å². The molecule has 0 aromatic heterocycles. The smallest absolute Gasteiger partial charge is 0.238 e. The highest BCUT2D eigenvalue weighted by Gasteiger charge is 2.10. The number of hydrogen-bond donors (Lipinski definition) is 2. The Hall–Kier alpha value is -1.85. The van der Waals surface area contributed by atoms with Crippen LogP contribution in [0.25, 0.3) is 0 Å². The van der Waals surface area contributed by atoms with Crippen LogP contribution in [0, 0.1) is 0 Å². The second-order valence-electron chi connectivity index (χ2n) is 5.60. The third kappa shape index (κ3) is 5.08. The number of ether oxygens (including phenoxy) is 1. The van der Waals surface area contributed by atoms with Crippen LogP contribution in [0.15, 0.2) is 46.9 Å². The fraction of sp³-hybridized carbons (Fsp3) is 0.316. The number of benzene rings is 2. The van der Waals surface area contributed by atoms with Crippen molar-refractivity contribution in [1.29, 1.82) is 0 Å². The first-order chi connectivity index (χ1) is 11.5. The molecule has 0 aliphatic rings. The molecule has 5 heteroatoms. The predicted octanol–water partition coefficient (Wildman–Crippen LogP) is 4.31. The van der Waals surface area contributed by atoms with E-state index in [0.717, 1.165) is 27.9 Å². The molecule has 2 N–H and O–H groups in total. The molecule has 0 spiro atoms. The van der Waals surface area contributed by atoms with E-state index in [4.69, 9.17) is 4.74 Å². The van der Waals surface area contributed by atoms with Crippen LogP contribution in [0.5, 0.6) is 5.75 Å². The summed E-state index contributed by atoms with van der Waals surface area (Å²) >= 11 is 3.48. The molecule has 0 bridgehead atoms. The van der Waals surface area contributed by atoms with Crippen molar-refractivity contribution in [2.75, 3.05) is 19.0 Å². The lowest BCUT2D eigenvalue weighted by atomic mass is 10.1. The van der Waals surface area contributed by atoms with Crippen LogP contribution in [-0.2, 0) is 11.2 Å². The third-order valence-corrected chi connectivity index (χ3v) is 4.51. The number of anilines is 1. The molecule has 2 aromatic carbocycles. The van der Waals surface area contributed by atoms with E-state index in [0.29, 0.717) is 0 Å². The van der Waals surface area contributed by atoms with Crippen LogP contribution in [0.3, 0.4) is 0 Å². The monoisotopic (exact) mass is 390 g/mol. The zero-order valence-corrected chi connectivity index (χ0v) is 15.8. The molecule has 128 valence electrons. The summed E-state index contributed by atoms with van der Waals surface area (Å²) in [7, 11) is 1.64. The van der Waals surface area contributed by atoms with Crippen molar-refractivity contribution in [3.8, 4) is 5.75 Å². The number of amides is 1. The fourth-order valence-corrected chi connectivity index (χ4v) is 2.90. The molecule has 2 rings (SSSR count). The van der Waals surface area contributed by atoms with E-state index in [-0.39, 0.29) is 18.5 Å². The Labute approximate surface area is 151 Å². The highest BCUT2D eigenvalue weighted by molar-refractivity contribution is 9.10. The molecule has 0 heterocycles. The molecule has 2 aromatic rings. The Morgan fingerprint density at radius 1 is 1.21 bits per heavy atom. The predicted molar refractivity (Wildman–Crippen MR) is 102 cm³/mol. The number of halogens is 1. The number of rotatable bonds is 7. The van der Waals surface area contributed by atoms with Gasteiger partial charge in [-0.15, -0.1) is 0 Å². The van der Waals surface area contributed by atoms with E-state index >= 15 is 0 Å². The van der Waals surface area contributed by atoms with Gasteiger partial charge in [-0.1, -0.05) is 25.1 Å². The van der Waals surface area contributed by atoms with Crippen molar-refractivity contribution in [1.82, 2.24) is 5.32 Å². The topological polar surface area (TPSA) is 50.4 Å². The van der Waals surface area contributed by atoms with Crippen LogP contribution < -0.4 is 15.4 Å². The summed E-state index contributed by atoms with van der Waals surface area (Å²) in [5.41, 5.74) is 3.16. The molecule has 1 atom stereocenters. The number of aryl methyl sites for hydroxylation is 1. The first kappa shape index (κ1) is 18.5. The first-order valence-corrected chi connectivity index (χ1v) is 8.78. The molecule has 0 fully saturated rings. The molecule has 0 saturated heterocycles. The molecular weight excluding hydrogens is 368 g/mol. The van der Waals surface area contributed by atoms with Gasteiger partial charge in [0, 0.05) is 11.7 Å². The van der Waals surface area contributed by atoms with Crippen molar-refractivity contribution in [2.45, 2.75) is 26.3 Å². The Bertz CT molecular complexity index is 686. The van der Waals surface area contributed by atoms with E-state index < -0.39 is 0 Å². The van der Waals surface area contributed by atoms with Crippen molar-refractivity contribution in [2.24, 2.45) is 0 Å². The molecule has 0 aliphatic carbocycles. The van der Waals surface area contributed by atoms with E-state index in [1.165, 1.54) is 5.56 Å². The quantitative estimate of drug-likeness (QED) is 0.740. The number of methoxy groups -OCH3 is 1. The number of nitrogens with one attached hydrogen (secondary N) is 2. The lowest BCUT2D eigenvalue weighted by molar-refractivity contribution is -0.115. The van der Waals surface area contributed by atoms with Gasteiger partial charge in [-0.05, 0) is 64.7 Å². The summed E-state index contributed by atoms with van der Waals surface area (Å²) in [5.74, 6) is 0.734. The van der Waals surface area contributed by atoms with E-state index in [9.17, 15) is 4.79 Å². The zero-order chi connectivity index (χ0) is 17.5. The highest BCUT2D eigenvalue weighted by Crippen LogP contribution is 2.27. The Balaban J connectivity index is 1.87. The van der Waals surface area contributed by atoms with Gasteiger partial charge >= 0.3 is 0 Å². The minimum Gasteiger partial charge on any atom is -0.496 e. The Morgan fingerprint density at radius 2 is 1.92 bits per heavy atom. The van der Waals surface area contributed by atoms with Crippen molar-refractivity contribution >= 4 is 27.5 Å². The number of carbonyl (C=O) groups is 1. The van der Waals surface area contributed by atoms with Crippen molar-refractivity contribution in [3.63, 3.8) is 0 Å². The van der Waals surface area contributed by atoms with Gasteiger partial charge in [-0.3, -0.25) is 4.79 Å². The van der Waals surface area contributed by atoms with Crippen LogP contribution in [0.1, 0.15) is 31.0 Å². The van der Waals surface area contributed by atoms with Crippen molar-refractivity contribution < 1.29 is 9.53 Å². The summed E-state index contributed by atoms with van der Waals surface area (Å²) < 4.78 is 6.13. The Morgan fingerprint density at radius 3 is 2.50 bits per heavy atom.